The van der Waals surface area contributed by atoms with Crippen molar-refractivity contribution in [2.45, 2.75) is 13.5 Å². The first kappa shape index (κ1) is 11.8. The number of H-pyrrole nitrogens is 1. The van der Waals surface area contributed by atoms with Crippen LogP contribution in [0.15, 0.2) is 36.7 Å². The van der Waals surface area contributed by atoms with Crippen molar-refractivity contribution < 1.29 is 0 Å². The predicted octanol–water partition coefficient (Wildman–Crippen LogP) is 2.38. The summed E-state index contributed by atoms with van der Waals surface area (Å²) >= 11 is 0. The van der Waals surface area contributed by atoms with E-state index in [4.69, 9.17) is 5.73 Å². The lowest BCUT2D eigenvalue weighted by molar-refractivity contribution is 0.736. The Morgan fingerprint density at radius 3 is 3.00 bits per heavy atom. The molecule has 0 atom stereocenters. The minimum atomic E-state index is 0.584. The van der Waals surface area contributed by atoms with E-state index in [1.54, 1.807) is 0 Å². The molecule has 0 aliphatic rings. The Kier molecular flexibility index (Phi) is 2.97. The summed E-state index contributed by atoms with van der Waals surface area (Å²) in [5, 5.41) is 3.31. The van der Waals surface area contributed by atoms with Crippen LogP contribution in [-0.4, -0.2) is 21.1 Å². The van der Waals surface area contributed by atoms with Crippen molar-refractivity contribution in [1.82, 2.24) is 14.5 Å². The molecule has 5 nitrogen and oxygen atoms in total. The molecule has 98 valence electrons. The summed E-state index contributed by atoms with van der Waals surface area (Å²) in [6.07, 6.45) is 3.78. The standard InChI is InChI=1S/C14H17N5/c1-10-2-3-13-12(8-10)18-14(19(13)7-5-15)17-11-4-6-16-9-11/h2-4,6,8-9,16H,5,7,15H2,1H3,(H,17,18). The van der Waals surface area contributed by atoms with E-state index in [-0.39, 0.29) is 0 Å². The van der Waals surface area contributed by atoms with Crippen LogP contribution in [0, 0.1) is 6.92 Å². The summed E-state index contributed by atoms with van der Waals surface area (Å²) < 4.78 is 2.11. The van der Waals surface area contributed by atoms with Gasteiger partial charge in [0, 0.05) is 25.5 Å². The molecule has 0 saturated carbocycles. The molecule has 3 aromatic rings. The molecular weight excluding hydrogens is 238 g/mol. The van der Waals surface area contributed by atoms with Gasteiger partial charge in [0.05, 0.1) is 16.7 Å². The minimum absolute atomic E-state index is 0.584. The van der Waals surface area contributed by atoms with Crippen molar-refractivity contribution >= 4 is 22.7 Å². The highest BCUT2D eigenvalue weighted by molar-refractivity contribution is 5.80. The van der Waals surface area contributed by atoms with Gasteiger partial charge in [0.2, 0.25) is 5.95 Å². The summed E-state index contributed by atoms with van der Waals surface area (Å²) in [7, 11) is 0. The Morgan fingerprint density at radius 1 is 1.37 bits per heavy atom. The molecule has 4 N–H and O–H groups in total. The van der Waals surface area contributed by atoms with Crippen molar-refractivity contribution in [2.75, 3.05) is 11.9 Å². The number of aromatic amines is 1. The van der Waals surface area contributed by atoms with Crippen molar-refractivity contribution in [3.8, 4) is 0 Å². The van der Waals surface area contributed by atoms with Crippen LogP contribution in [0.3, 0.4) is 0 Å². The largest absolute Gasteiger partial charge is 0.366 e. The third-order valence-electron chi connectivity index (χ3n) is 3.11. The van der Waals surface area contributed by atoms with Gasteiger partial charge in [-0.25, -0.2) is 4.98 Å². The fourth-order valence-corrected chi connectivity index (χ4v) is 2.22. The number of rotatable bonds is 4. The van der Waals surface area contributed by atoms with Gasteiger partial charge < -0.3 is 20.6 Å². The molecule has 19 heavy (non-hydrogen) atoms. The maximum Gasteiger partial charge on any atom is 0.208 e. The van der Waals surface area contributed by atoms with Crippen molar-refractivity contribution in [1.29, 1.82) is 0 Å². The normalized spacial score (nSPS) is 11.1. The summed E-state index contributed by atoms with van der Waals surface area (Å²) in [6, 6.07) is 8.24. The summed E-state index contributed by atoms with van der Waals surface area (Å²) in [5.74, 6) is 0.825. The van der Waals surface area contributed by atoms with Gasteiger partial charge in [-0.05, 0) is 30.7 Å². The van der Waals surface area contributed by atoms with Crippen LogP contribution in [0.25, 0.3) is 11.0 Å². The monoisotopic (exact) mass is 255 g/mol. The van der Waals surface area contributed by atoms with Crippen LogP contribution in [-0.2, 0) is 6.54 Å². The van der Waals surface area contributed by atoms with Gasteiger partial charge in [-0.3, -0.25) is 0 Å². The fraction of sp³-hybridized carbons (Fsp3) is 0.214. The van der Waals surface area contributed by atoms with Gasteiger partial charge in [0.15, 0.2) is 0 Å². The van der Waals surface area contributed by atoms with Gasteiger partial charge in [-0.1, -0.05) is 6.07 Å². The van der Waals surface area contributed by atoms with Crippen molar-refractivity contribution in [3.63, 3.8) is 0 Å². The summed E-state index contributed by atoms with van der Waals surface area (Å²) in [4.78, 5) is 7.67. The number of nitrogens with zero attached hydrogens (tertiary/aromatic N) is 2. The third-order valence-corrected chi connectivity index (χ3v) is 3.11. The highest BCUT2D eigenvalue weighted by Gasteiger charge is 2.10. The molecule has 0 bridgehead atoms. The average Bonchev–Trinajstić information content (AvgIpc) is 2.99. The minimum Gasteiger partial charge on any atom is -0.366 e. The smallest absolute Gasteiger partial charge is 0.208 e. The Bertz CT molecular complexity index is 681. The molecule has 0 fully saturated rings. The van der Waals surface area contributed by atoms with Crippen LogP contribution >= 0.6 is 0 Å². The van der Waals surface area contributed by atoms with E-state index in [2.05, 4.69) is 45.0 Å². The first-order chi connectivity index (χ1) is 9.28. The van der Waals surface area contributed by atoms with Crippen molar-refractivity contribution in [2.24, 2.45) is 5.73 Å². The molecule has 0 aliphatic carbocycles. The zero-order valence-electron chi connectivity index (χ0n) is 10.9. The second kappa shape index (κ2) is 4.78. The Balaban J connectivity index is 2.08. The lowest BCUT2D eigenvalue weighted by Gasteiger charge is -2.08. The van der Waals surface area contributed by atoms with Crippen LogP contribution in [0.1, 0.15) is 5.56 Å². The number of imidazole rings is 1. The van der Waals surface area contributed by atoms with Crippen LogP contribution in [0.4, 0.5) is 11.6 Å². The molecule has 0 amide bonds. The van der Waals surface area contributed by atoms with Gasteiger partial charge in [0.1, 0.15) is 0 Å². The van der Waals surface area contributed by atoms with Gasteiger partial charge in [-0.15, -0.1) is 0 Å². The molecule has 1 aromatic carbocycles. The van der Waals surface area contributed by atoms with E-state index >= 15 is 0 Å². The molecule has 0 aliphatic heterocycles. The third kappa shape index (κ3) is 2.20. The molecule has 2 aromatic heterocycles. The highest BCUT2D eigenvalue weighted by Crippen LogP contribution is 2.23. The number of aryl methyl sites for hydroxylation is 1. The topological polar surface area (TPSA) is 71.7 Å². The number of fused-ring (bicyclic) bond motifs is 1. The molecule has 0 spiro atoms. The molecule has 3 rings (SSSR count). The quantitative estimate of drug-likeness (QED) is 0.670. The number of aromatic nitrogens is 3. The van der Waals surface area contributed by atoms with Gasteiger partial charge >= 0.3 is 0 Å². The lowest BCUT2D eigenvalue weighted by atomic mass is 10.2. The van der Waals surface area contributed by atoms with E-state index in [9.17, 15) is 0 Å². The molecule has 5 heteroatoms. The Morgan fingerprint density at radius 2 is 2.26 bits per heavy atom. The van der Waals surface area contributed by atoms with Crippen LogP contribution in [0.2, 0.25) is 0 Å². The predicted molar refractivity (Wildman–Crippen MR) is 77.6 cm³/mol. The molecule has 2 heterocycles. The first-order valence-corrected chi connectivity index (χ1v) is 6.34. The van der Waals surface area contributed by atoms with E-state index in [0.29, 0.717) is 6.54 Å². The maximum absolute atomic E-state index is 5.70. The number of hydrogen-bond donors (Lipinski definition) is 3. The van der Waals surface area contributed by atoms with E-state index in [1.165, 1.54) is 5.56 Å². The van der Waals surface area contributed by atoms with Gasteiger partial charge in [0.25, 0.3) is 0 Å². The van der Waals surface area contributed by atoms with E-state index in [0.717, 1.165) is 29.2 Å². The molecule has 0 saturated heterocycles. The average molecular weight is 255 g/mol. The fourth-order valence-electron chi connectivity index (χ4n) is 2.22. The van der Waals surface area contributed by atoms with Gasteiger partial charge in [-0.2, -0.15) is 0 Å². The molecular formula is C14H17N5. The summed E-state index contributed by atoms with van der Waals surface area (Å²) in [5.41, 5.74) is 10.00. The maximum atomic E-state index is 5.70. The first-order valence-electron chi connectivity index (χ1n) is 6.34. The van der Waals surface area contributed by atoms with E-state index in [1.807, 2.05) is 18.5 Å². The zero-order valence-corrected chi connectivity index (χ0v) is 10.9. The Hall–Kier alpha value is -2.27. The lowest BCUT2D eigenvalue weighted by Crippen LogP contribution is -2.11. The summed E-state index contributed by atoms with van der Waals surface area (Å²) in [6.45, 7) is 3.40. The number of nitrogens with one attached hydrogen (secondary N) is 2. The SMILES string of the molecule is Cc1ccc2c(c1)nc(Nc1cc[nH]c1)n2CCN. The number of anilines is 2. The van der Waals surface area contributed by atoms with Crippen molar-refractivity contribution in [3.05, 3.63) is 42.2 Å². The highest BCUT2D eigenvalue weighted by atomic mass is 15.2. The molecule has 0 radical (unpaired) electrons. The van der Waals surface area contributed by atoms with E-state index < -0.39 is 0 Å². The molecule has 0 unspecified atom stereocenters. The second-order valence-corrected chi connectivity index (χ2v) is 4.59. The van der Waals surface area contributed by atoms with Crippen LogP contribution < -0.4 is 11.1 Å². The number of benzene rings is 1. The Labute approximate surface area is 111 Å². The number of hydrogen-bond acceptors (Lipinski definition) is 3. The number of nitrogens with two attached hydrogens (primary N) is 1. The second-order valence-electron chi connectivity index (χ2n) is 4.59. The zero-order chi connectivity index (χ0) is 13.2. The van der Waals surface area contributed by atoms with Crippen LogP contribution in [0.5, 0.6) is 0 Å².